The Kier molecular flexibility index (Phi) is 3.34. The van der Waals surface area contributed by atoms with E-state index in [1.54, 1.807) is 12.1 Å². The molecule has 0 fully saturated rings. The van der Waals surface area contributed by atoms with Crippen LogP contribution >= 0.6 is 0 Å². The Bertz CT molecular complexity index is 1140. The summed E-state index contributed by atoms with van der Waals surface area (Å²) < 4.78 is 0. The molecular formula is C24H18O2. The zero-order chi connectivity index (χ0) is 17.7. The zero-order valence-electron chi connectivity index (χ0n) is 14.2. The van der Waals surface area contributed by atoms with Crippen molar-refractivity contribution < 1.29 is 10.2 Å². The first-order chi connectivity index (χ1) is 12.7. The van der Waals surface area contributed by atoms with Gasteiger partial charge in [0.15, 0.2) is 0 Å². The molecule has 1 aliphatic rings. The fourth-order valence-electron chi connectivity index (χ4n) is 3.93. The molecule has 26 heavy (non-hydrogen) atoms. The predicted octanol–water partition coefficient (Wildman–Crippen LogP) is 5.20. The van der Waals surface area contributed by atoms with Crippen LogP contribution in [0.4, 0.5) is 0 Å². The maximum Gasteiger partial charge on any atom is 0.116 e. The van der Waals surface area contributed by atoms with Gasteiger partial charge in [-0.2, -0.15) is 0 Å². The number of hydrogen-bond acceptors (Lipinski definition) is 2. The number of benzene rings is 4. The summed E-state index contributed by atoms with van der Waals surface area (Å²) >= 11 is 0. The molecule has 0 saturated heterocycles. The van der Waals surface area contributed by atoms with Gasteiger partial charge in [0.2, 0.25) is 0 Å². The van der Waals surface area contributed by atoms with E-state index < -0.39 is 6.10 Å². The molecule has 1 atom stereocenters. The van der Waals surface area contributed by atoms with Crippen molar-refractivity contribution in [3.05, 3.63) is 101 Å². The number of hydrogen-bond donors (Lipinski definition) is 2. The highest BCUT2D eigenvalue weighted by Crippen LogP contribution is 2.38. The molecule has 0 heterocycles. The van der Waals surface area contributed by atoms with Crippen molar-refractivity contribution in [2.24, 2.45) is 0 Å². The SMILES string of the molecule is Oc1ccc2cc(C(O)c3ccc4c(c3)-c3ccccc3C4)ccc2c1. The molecular weight excluding hydrogens is 320 g/mol. The molecule has 0 saturated carbocycles. The molecule has 0 amide bonds. The molecule has 2 nitrogen and oxygen atoms in total. The van der Waals surface area contributed by atoms with Gasteiger partial charge in [0.25, 0.3) is 0 Å². The van der Waals surface area contributed by atoms with Crippen LogP contribution in [0.2, 0.25) is 0 Å². The third-order valence-corrected chi connectivity index (χ3v) is 5.30. The summed E-state index contributed by atoms with van der Waals surface area (Å²) in [5, 5.41) is 22.5. The van der Waals surface area contributed by atoms with E-state index >= 15 is 0 Å². The van der Waals surface area contributed by atoms with Crippen molar-refractivity contribution in [2.75, 3.05) is 0 Å². The molecule has 4 aromatic carbocycles. The van der Waals surface area contributed by atoms with E-state index in [-0.39, 0.29) is 5.75 Å². The van der Waals surface area contributed by atoms with Gasteiger partial charge in [-0.1, -0.05) is 54.6 Å². The van der Waals surface area contributed by atoms with Gasteiger partial charge >= 0.3 is 0 Å². The van der Waals surface area contributed by atoms with Gasteiger partial charge in [0.1, 0.15) is 11.9 Å². The summed E-state index contributed by atoms with van der Waals surface area (Å²) in [6.45, 7) is 0. The van der Waals surface area contributed by atoms with Crippen molar-refractivity contribution in [1.82, 2.24) is 0 Å². The predicted molar refractivity (Wildman–Crippen MR) is 104 cm³/mol. The van der Waals surface area contributed by atoms with E-state index in [4.69, 9.17) is 0 Å². The van der Waals surface area contributed by atoms with E-state index in [1.807, 2.05) is 30.3 Å². The lowest BCUT2D eigenvalue weighted by atomic mass is 9.95. The highest BCUT2D eigenvalue weighted by molar-refractivity contribution is 5.84. The first kappa shape index (κ1) is 15.2. The van der Waals surface area contributed by atoms with Gasteiger partial charge in [-0.3, -0.25) is 0 Å². The van der Waals surface area contributed by atoms with Crippen molar-refractivity contribution in [3.63, 3.8) is 0 Å². The minimum Gasteiger partial charge on any atom is -0.508 e. The monoisotopic (exact) mass is 338 g/mol. The van der Waals surface area contributed by atoms with Crippen molar-refractivity contribution >= 4 is 10.8 Å². The molecule has 0 aliphatic heterocycles. The Morgan fingerprint density at radius 2 is 1.35 bits per heavy atom. The Labute approximate surface area is 152 Å². The van der Waals surface area contributed by atoms with E-state index in [0.717, 1.165) is 28.3 Å². The number of phenols is 1. The minimum atomic E-state index is -0.675. The van der Waals surface area contributed by atoms with E-state index in [1.165, 1.54) is 22.3 Å². The lowest BCUT2D eigenvalue weighted by Crippen LogP contribution is -2.00. The van der Waals surface area contributed by atoms with Gasteiger partial charge in [0, 0.05) is 0 Å². The summed E-state index contributed by atoms with van der Waals surface area (Å²) in [7, 11) is 0. The number of rotatable bonds is 2. The number of fused-ring (bicyclic) bond motifs is 4. The summed E-state index contributed by atoms with van der Waals surface area (Å²) in [5.74, 6) is 0.253. The van der Waals surface area contributed by atoms with E-state index in [9.17, 15) is 10.2 Å². The Morgan fingerprint density at radius 3 is 2.27 bits per heavy atom. The van der Waals surface area contributed by atoms with Crippen molar-refractivity contribution in [2.45, 2.75) is 12.5 Å². The fourth-order valence-corrected chi connectivity index (χ4v) is 3.93. The van der Waals surface area contributed by atoms with Crippen molar-refractivity contribution in [1.29, 1.82) is 0 Å². The van der Waals surface area contributed by atoms with E-state index in [0.29, 0.717) is 0 Å². The maximum absolute atomic E-state index is 10.9. The fraction of sp³-hybridized carbons (Fsp3) is 0.0833. The Hall–Kier alpha value is -3.10. The number of phenolic OH excluding ortho intramolecular Hbond substituents is 1. The summed E-state index contributed by atoms with van der Waals surface area (Å²) in [6, 6.07) is 25.9. The van der Waals surface area contributed by atoms with Gasteiger partial charge in [-0.25, -0.2) is 0 Å². The smallest absolute Gasteiger partial charge is 0.116 e. The second-order valence-electron chi connectivity index (χ2n) is 6.94. The van der Waals surface area contributed by atoms with Crippen LogP contribution in [-0.2, 0) is 6.42 Å². The molecule has 126 valence electrons. The highest BCUT2D eigenvalue weighted by Gasteiger charge is 2.20. The molecule has 0 aromatic heterocycles. The van der Waals surface area contributed by atoms with Crippen molar-refractivity contribution in [3.8, 4) is 16.9 Å². The molecule has 1 aliphatic carbocycles. The zero-order valence-corrected chi connectivity index (χ0v) is 14.2. The maximum atomic E-state index is 10.9. The van der Waals surface area contributed by atoms with Crippen LogP contribution in [0.3, 0.4) is 0 Å². The normalized spacial score (nSPS) is 13.4. The average Bonchev–Trinajstić information content (AvgIpc) is 3.05. The first-order valence-electron chi connectivity index (χ1n) is 8.81. The molecule has 2 N–H and O–H groups in total. The largest absolute Gasteiger partial charge is 0.508 e. The number of aromatic hydroxyl groups is 1. The Balaban J connectivity index is 1.56. The lowest BCUT2D eigenvalue weighted by molar-refractivity contribution is 0.220. The summed E-state index contributed by atoms with van der Waals surface area (Å²) in [6.07, 6.45) is 0.285. The van der Waals surface area contributed by atoms with Crippen LogP contribution in [0.5, 0.6) is 5.75 Å². The number of aliphatic hydroxyl groups excluding tert-OH is 1. The quantitative estimate of drug-likeness (QED) is 0.464. The second-order valence-corrected chi connectivity index (χ2v) is 6.94. The molecule has 5 rings (SSSR count). The minimum absolute atomic E-state index is 0.253. The topological polar surface area (TPSA) is 40.5 Å². The van der Waals surface area contributed by atoms with Crippen LogP contribution in [0, 0.1) is 0 Å². The molecule has 0 spiro atoms. The highest BCUT2D eigenvalue weighted by atomic mass is 16.3. The van der Waals surface area contributed by atoms with Gasteiger partial charge in [0.05, 0.1) is 0 Å². The standard InChI is InChI=1S/C24H18O2/c25-21-10-9-15-11-19(7-5-16(15)13-21)24(26)20-8-6-18-12-17-3-1-2-4-22(17)23(18)14-20/h1-11,13-14,24-26H,12H2. The third kappa shape index (κ3) is 2.39. The van der Waals surface area contributed by atoms with Crippen LogP contribution in [0.25, 0.3) is 21.9 Å². The van der Waals surface area contributed by atoms with Crippen LogP contribution < -0.4 is 0 Å². The third-order valence-electron chi connectivity index (χ3n) is 5.30. The van der Waals surface area contributed by atoms with Crippen LogP contribution in [-0.4, -0.2) is 10.2 Å². The van der Waals surface area contributed by atoms with Gasteiger partial charge in [-0.15, -0.1) is 0 Å². The average molecular weight is 338 g/mol. The molecule has 1 unspecified atom stereocenters. The molecule has 2 heteroatoms. The summed E-state index contributed by atoms with van der Waals surface area (Å²) in [5.41, 5.74) is 6.91. The second kappa shape index (κ2) is 5.72. The van der Waals surface area contributed by atoms with E-state index in [2.05, 4.69) is 36.4 Å². The molecule has 4 aromatic rings. The first-order valence-corrected chi connectivity index (χ1v) is 8.81. The van der Waals surface area contributed by atoms with Crippen LogP contribution in [0.1, 0.15) is 28.4 Å². The Morgan fingerprint density at radius 1 is 0.654 bits per heavy atom. The van der Waals surface area contributed by atoms with Crippen LogP contribution in [0.15, 0.2) is 78.9 Å². The lowest BCUT2D eigenvalue weighted by Gasteiger charge is -2.14. The molecule has 0 bridgehead atoms. The molecule has 0 radical (unpaired) electrons. The van der Waals surface area contributed by atoms with Gasteiger partial charge in [-0.05, 0) is 74.8 Å². The number of aliphatic hydroxyl groups is 1. The summed E-state index contributed by atoms with van der Waals surface area (Å²) in [4.78, 5) is 0. The van der Waals surface area contributed by atoms with Gasteiger partial charge < -0.3 is 10.2 Å².